The lowest BCUT2D eigenvalue weighted by atomic mass is 10.3. The van der Waals surface area contributed by atoms with Gasteiger partial charge in [-0.05, 0) is 38.1 Å². The van der Waals surface area contributed by atoms with Crippen molar-refractivity contribution < 1.29 is 22.7 Å². The van der Waals surface area contributed by atoms with Gasteiger partial charge >= 0.3 is 0 Å². The Bertz CT molecular complexity index is 585. The normalized spacial score (nSPS) is 15.9. The van der Waals surface area contributed by atoms with Crippen LogP contribution in [0.3, 0.4) is 0 Å². The van der Waals surface area contributed by atoms with Crippen molar-refractivity contribution in [2.24, 2.45) is 0 Å². The molecule has 1 fully saturated rings. The molecule has 1 aromatic rings. The van der Waals surface area contributed by atoms with E-state index in [4.69, 9.17) is 14.3 Å². The molecule has 124 valence electrons. The minimum atomic E-state index is -3.80. The summed E-state index contributed by atoms with van der Waals surface area (Å²) < 4.78 is 34.6. The van der Waals surface area contributed by atoms with Gasteiger partial charge in [0, 0.05) is 12.6 Å². The third-order valence-electron chi connectivity index (χ3n) is 3.54. The van der Waals surface area contributed by atoms with Gasteiger partial charge in [0.2, 0.25) is 0 Å². The average molecular weight is 330 g/mol. The Morgan fingerprint density at radius 3 is 2.55 bits per heavy atom. The van der Waals surface area contributed by atoms with Crippen LogP contribution in [0.2, 0.25) is 0 Å². The topological polar surface area (TPSA) is 77.1 Å². The van der Waals surface area contributed by atoms with Crippen LogP contribution < -0.4 is 14.4 Å². The van der Waals surface area contributed by atoms with Gasteiger partial charge < -0.3 is 14.4 Å². The fourth-order valence-corrected chi connectivity index (χ4v) is 3.32. The molecule has 7 nitrogen and oxygen atoms in total. The first-order valence-corrected chi connectivity index (χ1v) is 8.63. The minimum absolute atomic E-state index is 0.0111. The monoisotopic (exact) mass is 330 g/mol. The zero-order valence-corrected chi connectivity index (χ0v) is 13.7. The zero-order valence-electron chi connectivity index (χ0n) is 12.9. The van der Waals surface area contributed by atoms with Crippen molar-refractivity contribution in [2.75, 3.05) is 40.5 Å². The third kappa shape index (κ3) is 4.33. The molecule has 22 heavy (non-hydrogen) atoms. The first kappa shape index (κ1) is 17.0. The fraction of sp³-hybridized carbons (Fsp3) is 0.571. The van der Waals surface area contributed by atoms with Crippen molar-refractivity contribution in [1.82, 2.24) is 9.79 Å². The highest BCUT2D eigenvalue weighted by molar-refractivity contribution is 7.89. The van der Waals surface area contributed by atoms with Crippen molar-refractivity contribution >= 4 is 10.0 Å². The zero-order chi connectivity index (χ0) is 16.0. The molecule has 1 saturated heterocycles. The third-order valence-corrected chi connectivity index (χ3v) is 4.79. The summed E-state index contributed by atoms with van der Waals surface area (Å²) in [6, 6.07) is 4.49. The van der Waals surface area contributed by atoms with Crippen molar-refractivity contribution in [3.8, 4) is 11.5 Å². The number of nitrogens with one attached hydrogen (secondary N) is 1. The molecule has 1 aliphatic rings. The lowest BCUT2D eigenvalue weighted by Gasteiger charge is -2.15. The van der Waals surface area contributed by atoms with E-state index in [0.717, 1.165) is 13.1 Å². The van der Waals surface area contributed by atoms with Gasteiger partial charge in [-0.2, -0.15) is 0 Å². The fourth-order valence-electron chi connectivity index (χ4n) is 2.34. The molecule has 0 amide bonds. The quantitative estimate of drug-likeness (QED) is 0.566. The second kappa shape index (κ2) is 7.77. The van der Waals surface area contributed by atoms with Crippen LogP contribution in [-0.2, 0) is 14.9 Å². The summed E-state index contributed by atoms with van der Waals surface area (Å²) in [5, 5.41) is 0. The molecule has 0 saturated carbocycles. The van der Waals surface area contributed by atoms with E-state index in [1.165, 1.54) is 39.2 Å². The highest BCUT2D eigenvalue weighted by Crippen LogP contribution is 2.28. The smallest absolute Gasteiger partial charge is 0.266 e. The predicted octanol–water partition coefficient (Wildman–Crippen LogP) is 1.01. The van der Waals surface area contributed by atoms with Gasteiger partial charge in [0.15, 0.2) is 0 Å². The van der Waals surface area contributed by atoms with E-state index >= 15 is 0 Å². The van der Waals surface area contributed by atoms with Crippen LogP contribution in [0, 0.1) is 0 Å². The van der Waals surface area contributed by atoms with E-state index in [1.807, 2.05) is 0 Å². The summed E-state index contributed by atoms with van der Waals surface area (Å²) in [6.45, 7) is 3.10. The SMILES string of the molecule is COc1ccc(S(=O)(=O)NOCCN2CCCC2)c(OC)c1. The average Bonchev–Trinajstić information content (AvgIpc) is 3.04. The number of hydrogen-bond donors (Lipinski definition) is 1. The number of rotatable bonds is 8. The summed E-state index contributed by atoms with van der Waals surface area (Å²) in [5.41, 5.74) is 0. The van der Waals surface area contributed by atoms with Crippen LogP contribution in [0.25, 0.3) is 0 Å². The van der Waals surface area contributed by atoms with Crippen LogP contribution in [-0.4, -0.2) is 53.8 Å². The van der Waals surface area contributed by atoms with E-state index in [2.05, 4.69) is 9.79 Å². The summed E-state index contributed by atoms with van der Waals surface area (Å²) >= 11 is 0. The van der Waals surface area contributed by atoms with Crippen LogP contribution >= 0.6 is 0 Å². The molecular formula is C14H22N2O5S. The van der Waals surface area contributed by atoms with Crippen LogP contribution in [0.4, 0.5) is 0 Å². The van der Waals surface area contributed by atoms with Crippen LogP contribution in [0.5, 0.6) is 11.5 Å². The maximum atomic E-state index is 12.2. The molecule has 0 spiro atoms. The number of sulfonamides is 1. The molecule has 2 rings (SSSR count). The van der Waals surface area contributed by atoms with Gasteiger partial charge in [-0.1, -0.05) is 4.89 Å². The Morgan fingerprint density at radius 1 is 1.18 bits per heavy atom. The van der Waals surface area contributed by atoms with E-state index < -0.39 is 10.0 Å². The number of benzene rings is 1. The maximum absolute atomic E-state index is 12.2. The Kier molecular flexibility index (Phi) is 6.01. The largest absolute Gasteiger partial charge is 0.497 e. The Labute approximate surface area is 131 Å². The van der Waals surface area contributed by atoms with E-state index in [1.54, 1.807) is 6.07 Å². The van der Waals surface area contributed by atoms with Crippen LogP contribution in [0.15, 0.2) is 23.1 Å². The first-order chi connectivity index (χ1) is 10.6. The van der Waals surface area contributed by atoms with Gasteiger partial charge in [0.25, 0.3) is 10.0 Å². The molecule has 1 aromatic carbocycles. The number of hydrogen-bond acceptors (Lipinski definition) is 6. The predicted molar refractivity (Wildman–Crippen MR) is 81.5 cm³/mol. The van der Waals surface area contributed by atoms with Crippen molar-refractivity contribution in [3.05, 3.63) is 18.2 Å². The van der Waals surface area contributed by atoms with Gasteiger partial charge in [0.1, 0.15) is 16.4 Å². The molecule has 0 atom stereocenters. The standard InChI is InChI=1S/C14H22N2O5S/c1-19-12-5-6-14(13(11-12)20-2)22(17,18)15-21-10-9-16-7-3-4-8-16/h5-6,11,15H,3-4,7-10H2,1-2H3. The van der Waals surface area contributed by atoms with Crippen molar-refractivity contribution in [3.63, 3.8) is 0 Å². The molecule has 1 aliphatic heterocycles. The molecule has 0 bridgehead atoms. The lowest BCUT2D eigenvalue weighted by Crippen LogP contribution is -2.30. The second-order valence-corrected chi connectivity index (χ2v) is 6.61. The van der Waals surface area contributed by atoms with Gasteiger partial charge in [-0.3, -0.25) is 4.84 Å². The molecule has 1 N–H and O–H groups in total. The highest BCUT2D eigenvalue weighted by Gasteiger charge is 2.20. The highest BCUT2D eigenvalue weighted by atomic mass is 32.2. The Morgan fingerprint density at radius 2 is 1.91 bits per heavy atom. The van der Waals surface area contributed by atoms with E-state index in [-0.39, 0.29) is 10.6 Å². The Balaban J connectivity index is 1.94. The van der Waals surface area contributed by atoms with Crippen LogP contribution in [0.1, 0.15) is 12.8 Å². The molecule has 0 aromatic heterocycles. The minimum Gasteiger partial charge on any atom is -0.497 e. The van der Waals surface area contributed by atoms with E-state index in [0.29, 0.717) is 18.9 Å². The van der Waals surface area contributed by atoms with Gasteiger partial charge in [0.05, 0.1) is 20.8 Å². The van der Waals surface area contributed by atoms with Gasteiger partial charge in [-0.15, -0.1) is 0 Å². The number of methoxy groups -OCH3 is 2. The molecule has 0 unspecified atom stereocenters. The molecule has 8 heteroatoms. The lowest BCUT2D eigenvalue weighted by molar-refractivity contribution is 0.0755. The van der Waals surface area contributed by atoms with E-state index in [9.17, 15) is 8.42 Å². The molecule has 1 heterocycles. The number of nitrogens with zero attached hydrogens (tertiary/aromatic N) is 1. The summed E-state index contributed by atoms with van der Waals surface area (Å²) in [7, 11) is -0.888. The van der Waals surface area contributed by atoms with Gasteiger partial charge in [-0.25, -0.2) is 8.42 Å². The molecule has 0 aliphatic carbocycles. The summed E-state index contributed by atoms with van der Waals surface area (Å²) in [6.07, 6.45) is 2.38. The second-order valence-electron chi connectivity index (χ2n) is 5.00. The van der Waals surface area contributed by atoms with Crippen molar-refractivity contribution in [2.45, 2.75) is 17.7 Å². The number of likely N-dealkylation sites (tertiary alicyclic amines) is 1. The maximum Gasteiger partial charge on any atom is 0.266 e. The van der Waals surface area contributed by atoms with Crippen molar-refractivity contribution in [1.29, 1.82) is 0 Å². The molecular weight excluding hydrogens is 308 g/mol. The Hall–Kier alpha value is -1.35. The molecule has 0 radical (unpaired) electrons. The number of ether oxygens (including phenoxy) is 2. The summed E-state index contributed by atoms with van der Waals surface area (Å²) in [4.78, 5) is 9.49. The summed E-state index contributed by atoms with van der Waals surface area (Å²) in [5.74, 6) is 0.723. The first-order valence-electron chi connectivity index (χ1n) is 7.15.